The molecule has 1 heterocycles. The normalized spacial score (nSPS) is 11.8. The summed E-state index contributed by atoms with van der Waals surface area (Å²) in [7, 11) is 0. The Labute approximate surface area is 133 Å². The lowest BCUT2D eigenvalue weighted by molar-refractivity contribution is -0.146. The quantitative estimate of drug-likeness (QED) is 0.757. The first-order valence-corrected chi connectivity index (χ1v) is 7.15. The van der Waals surface area contributed by atoms with Crippen LogP contribution in [0.2, 0.25) is 0 Å². The number of ether oxygens (including phenoxy) is 2. The number of hydrogen-bond donors (Lipinski definition) is 1. The van der Waals surface area contributed by atoms with Gasteiger partial charge in [0.2, 0.25) is 12.0 Å². The van der Waals surface area contributed by atoms with Gasteiger partial charge in [0, 0.05) is 11.5 Å². The average molecular weight is 309 g/mol. The molecule has 0 amide bonds. The molecule has 0 aliphatic heterocycles. The van der Waals surface area contributed by atoms with E-state index in [9.17, 15) is 9.90 Å². The van der Waals surface area contributed by atoms with E-state index in [1.165, 1.54) is 0 Å². The van der Waals surface area contributed by atoms with Gasteiger partial charge < -0.3 is 14.6 Å². The summed E-state index contributed by atoms with van der Waals surface area (Å²) < 4.78 is 10.9. The summed E-state index contributed by atoms with van der Waals surface area (Å²) >= 11 is 0. The smallest absolute Gasteiger partial charge is 0.348 e. The van der Waals surface area contributed by atoms with Gasteiger partial charge in [0.1, 0.15) is 12.4 Å². The Hall–Kier alpha value is -3.08. The summed E-state index contributed by atoms with van der Waals surface area (Å²) in [6.07, 6.45) is -1.14. The highest BCUT2D eigenvalue weighted by Crippen LogP contribution is 2.17. The third kappa shape index (κ3) is 3.77. The maximum atomic E-state index is 11.4. The fourth-order valence-electron chi connectivity index (χ4n) is 2.10. The van der Waals surface area contributed by atoms with Crippen LogP contribution in [0.5, 0.6) is 11.6 Å². The lowest BCUT2D eigenvalue weighted by Gasteiger charge is -2.15. The molecule has 3 aromatic rings. The van der Waals surface area contributed by atoms with Crippen molar-refractivity contribution in [1.82, 2.24) is 4.98 Å². The number of hydrogen-bond acceptors (Lipinski definition) is 4. The number of carbonyl (C=O) groups is 1. The summed E-state index contributed by atoms with van der Waals surface area (Å²) in [5.41, 5.74) is 0.748. The van der Waals surface area contributed by atoms with Crippen molar-refractivity contribution in [3.63, 3.8) is 0 Å². The molecule has 0 saturated carbocycles. The number of fused-ring (bicyclic) bond motifs is 1. The Morgan fingerprint density at radius 1 is 1.00 bits per heavy atom. The second-order valence-corrected chi connectivity index (χ2v) is 4.91. The third-order valence-electron chi connectivity index (χ3n) is 3.26. The zero-order chi connectivity index (χ0) is 16.1. The van der Waals surface area contributed by atoms with E-state index >= 15 is 0 Å². The largest absolute Gasteiger partial charge is 0.489 e. The third-order valence-corrected chi connectivity index (χ3v) is 3.26. The maximum Gasteiger partial charge on any atom is 0.348 e. The Morgan fingerprint density at radius 3 is 2.52 bits per heavy atom. The summed E-state index contributed by atoms with van der Waals surface area (Å²) in [5, 5.41) is 10.3. The number of carboxylic acids is 1. The molecule has 1 atom stereocenters. The highest BCUT2D eigenvalue weighted by atomic mass is 16.6. The molecule has 1 N–H and O–H groups in total. The van der Waals surface area contributed by atoms with E-state index in [2.05, 4.69) is 4.98 Å². The van der Waals surface area contributed by atoms with Crippen molar-refractivity contribution in [3.05, 3.63) is 66.7 Å². The molecule has 5 nitrogen and oxygen atoms in total. The first-order chi connectivity index (χ1) is 11.2. The van der Waals surface area contributed by atoms with Crippen LogP contribution < -0.4 is 9.47 Å². The molecular weight excluding hydrogens is 294 g/mol. The standard InChI is InChI=1S/C18H15NO4/c20-18(21)16(12-22-14-7-2-1-3-8-14)23-17-11-10-13-6-4-5-9-15(13)19-17/h1-11,16H,12H2,(H,20,21). The predicted molar refractivity (Wildman–Crippen MR) is 85.7 cm³/mol. The number of aliphatic carboxylic acids is 1. The SMILES string of the molecule is O=C(O)C(COc1ccccc1)Oc1ccc2ccccc2n1. The van der Waals surface area contributed by atoms with Gasteiger partial charge in [-0.05, 0) is 24.3 Å². The Bertz CT molecular complexity index is 804. The van der Waals surface area contributed by atoms with E-state index in [0.717, 1.165) is 10.9 Å². The summed E-state index contributed by atoms with van der Waals surface area (Å²) in [6, 6.07) is 20.1. The van der Waals surface area contributed by atoms with Gasteiger partial charge in [0.25, 0.3) is 0 Å². The van der Waals surface area contributed by atoms with E-state index in [-0.39, 0.29) is 12.5 Å². The molecule has 3 rings (SSSR count). The van der Waals surface area contributed by atoms with Gasteiger partial charge in [-0.1, -0.05) is 36.4 Å². The molecular formula is C18H15NO4. The van der Waals surface area contributed by atoms with Gasteiger partial charge in [-0.25, -0.2) is 9.78 Å². The van der Waals surface area contributed by atoms with Crippen LogP contribution in [0.1, 0.15) is 0 Å². The molecule has 0 bridgehead atoms. The van der Waals surface area contributed by atoms with Crippen LogP contribution in [-0.4, -0.2) is 28.8 Å². The summed E-state index contributed by atoms with van der Waals surface area (Å²) in [4.78, 5) is 15.7. The van der Waals surface area contributed by atoms with Crippen molar-refractivity contribution >= 4 is 16.9 Å². The van der Waals surface area contributed by atoms with Crippen LogP contribution in [0, 0.1) is 0 Å². The van der Waals surface area contributed by atoms with Crippen molar-refractivity contribution in [3.8, 4) is 11.6 Å². The van der Waals surface area contributed by atoms with E-state index in [1.807, 2.05) is 48.5 Å². The Balaban J connectivity index is 1.72. The van der Waals surface area contributed by atoms with Gasteiger partial charge in [-0.3, -0.25) is 0 Å². The monoisotopic (exact) mass is 309 g/mol. The highest BCUT2D eigenvalue weighted by molar-refractivity contribution is 5.79. The van der Waals surface area contributed by atoms with Crippen molar-refractivity contribution < 1.29 is 19.4 Å². The zero-order valence-corrected chi connectivity index (χ0v) is 12.3. The van der Waals surface area contributed by atoms with Crippen LogP contribution in [0.4, 0.5) is 0 Å². The number of para-hydroxylation sites is 2. The Kier molecular flexibility index (Phi) is 4.38. The van der Waals surface area contributed by atoms with E-state index < -0.39 is 12.1 Å². The first-order valence-electron chi connectivity index (χ1n) is 7.15. The van der Waals surface area contributed by atoms with Crippen LogP contribution in [0.3, 0.4) is 0 Å². The number of rotatable bonds is 6. The minimum atomic E-state index is -1.14. The Morgan fingerprint density at radius 2 is 1.74 bits per heavy atom. The van der Waals surface area contributed by atoms with E-state index in [0.29, 0.717) is 5.75 Å². The number of nitrogens with zero attached hydrogens (tertiary/aromatic N) is 1. The lowest BCUT2D eigenvalue weighted by Crippen LogP contribution is -2.33. The molecule has 5 heteroatoms. The number of aromatic nitrogens is 1. The van der Waals surface area contributed by atoms with Crippen molar-refractivity contribution in [2.75, 3.05) is 6.61 Å². The first kappa shape index (κ1) is 14.8. The van der Waals surface area contributed by atoms with E-state index in [4.69, 9.17) is 9.47 Å². The number of benzene rings is 2. The average Bonchev–Trinajstić information content (AvgIpc) is 2.59. The fourth-order valence-corrected chi connectivity index (χ4v) is 2.10. The minimum absolute atomic E-state index is 0.103. The topological polar surface area (TPSA) is 68.7 Å². The molecule has 23 heavy (non-hydrogen) atoms. The second kappa shape index (κ2) is 6.79. The molecule has 1 aromatic heterocycles. The van der Waals surface area contributed by atoms with Crippen LogP contribution in [0.15, 0.2) is 66.7 Å². The molecule has 1 unspecified atom stereocenters. The van der Waals surface area contributed by atoms with Gasteiger partial charge >= 0.3 is 5.97 Å². The minimum Gasteiger partial charge on any atom is -0.489 e. The highest BCUT2D eigenvalue weighted by Gasteiger charge is 2.21. The predicted octanol–water partition coefficient (Wildman–Crippen LogP) is 3.15. The molecule has 0 aliphatic carbocycles. The molecule has 0 spiro atoms. The summed E-state index contributed by atoms with van der Waals surface area (Å²) in [6.45, 7) is -0.103. The van der Waals surface area contributed by atoms with Crippen molar-refractivity contribution in [2.24, 2.45) is 0 Å². The fraction of sp³-hybridized carbons (Fsp3) is 0.111. The van der Waals surface area contributed by atoms with Crippen LogP contribution >= 0.6 is 0 Å². The number of pyridine rings is 1. The molecule has 2 aromatic carbocycles. The van der Waals surface area contributed by atoms with Gasteiger partial charge in [-0.15, -0.1) is 0 Å². The van der Waals surface area contributed by atoms with Gasteiger partial charge in [0.05, 0.1) is 5.52 Å². The molecule has 0 aliphatic rings. The van der Waals surface area contributed by atoms with Crippen LogP contribution in [0.25, 0.3) is 10.9 Å². The molecule has 0 radical (unpaired) electrons. The second-order valence-electron chi connectivity index (χ2n) is 4.91. The van der Waals surface area contributed by atoms with Crippen LogP contribution in [-0.2, 0) is 4.79 Å². The van der Waals surface area contributed by atoms with E-state index in [1.54, 1.807) is 18.2 Å². The zero-order valence-electron chi connectivity index (χ0n) is 12.3. The van der Waals surface area contributed by atoms with Crippen molar-refractivity contribution in [1.29, 1.82) is 0 Å². The lowest BCUT2D eigenvalue weighted by atomic mass is 10.2. The molecule has 0 saturated heterocycles. The van der Waals surface area contributed by atoms with Gasteiger partial charge in [0.15, 0.2) is 0 Å². The number of carboxylic acid groups (broad SMARTS) is 1. The van der Waals surface area contributed by atoms with Crippen molar-refractivity contribution in [2.45, 2.75) is 6.10 Å². The molecule has 0 fully saturated rings. The summed E-state index contributed by atoms with van der Waals surface area (Å²) in [5.74, 6) is -0.252. The molecule has 116 valence electrons. The maximum absolute atomic E-state index is 11.4. The van der Waals surface area contributed by atoms with Gasteiger partial charge in [-0.2, -0.15) is 0 Å².